The van der Waals surface area contributed by atoms with Gasteiger partial charge in [-0.2, -0.15) is 0 Å². The van der Waals surface area contributed by atoms with Gasteiger partial charge in [-0.15, -0.1) is 11.6 Å². The first-order valence-corrected chi connectivity index (χ1v) is 7.19. The van der Waals surface area contributed by atoms with Crippen molar-refractivity contribution in [1.82, 2.24) is 0 Å². The lowest BCUT2D eigenvalue weighted by atomic mass is 10.1. The first-order valence-electron chi connectivity index (χ1n) is 6.38. The van der Waals surface area contributed by atoms with Gasteiger partial charge in [0.15, 0.2) is 11.2 Å². The highest BCUT2D eigenvalue weighted by atomic mass is 35.5. The molecule has 0 aliphatic carbocycles. The Morgan fingerprint density at radius 3 is 2.35 bits per heavy atom. The molecule has 1 N–H and O–H groups in total. The van der Waals surface area contributed by atoms with Crippen LogP contribution in [0.2, 0.25) is 5.02 Å². The number of halogens is 2. The Morgan fingerprint density at radius 1 is 1.13 bits per heavy atom. The zero-order valence-corrected chi connectivity index (χ0v) is 13.0. The monoisotopic (exact) mass is 352 g/mol. The topological polar surface area (TPSA) is 89.3 Å². The summed E-state index contributed by atoms with van der Waals surface area (Å²) in [4.78, 5) is 34.2. The van der Waals surface area contributed by atoms with E-state index in [9.17, 15) is 19.7 Å². The van der Waals surface area contributed by atoms with E-state index in [1.54, 1.807) is 30.3 Å². The van der Waals surface area contributed by atoms with Crippen LogP contribution in [0.1, 0.15) is 10.4 Å². The van der Waals surface area contributed by atoms with Gasteiger partial charge >= 0.3 is 0 Å². The van der Waals surface area contributed by atoms with Crippen molar-refractivity contribution in [1.29, 1.82) is 0 Å². The van der Waals surface area contributed by atoms with Crippen LogP contribution in [-0.4, -0.2) is 22.0 Å². The van der Waals surface area contributed by atoms with Gasteiger partial charge in [0.05, 0.1) is 15.6 Å². The Balaban J connectivity index is 2.12. The van der Waals surface area contributed by atoms with Crippen LogP contribution in [0.15, 0.2) is 48.5 Å². The van der Waals surface area contributed by atoms with Gasteiger partial charge in [0, 0.05) is 17.7 Å². The number of hydrogen-bond acceptors (Lipinski definition) is 4. The van der Waals surface area contributed by atoms with E-state index < -0.39 is 22.0 Å². The number of benzene rings is 2. The number of nitrogens with one attached hydrogen (secondary N) is 1. The summed E-state index contributed by atoms with van der Waals surface area (Å²) in [7, 11) is 0. The number of nitrogens with zero attached hydrogens (tertiary/aromatic N) is 1. The minimum atomic E-state index is -1.44. The van der Waals surface area contributed by atoms with Crippen LogP contribution in [0, 0.1) is 10.1 Å². The van der Waals surface area contributed by atoms with Crippen molar-refractivity contribution in [3.05, 3.63) is 69.2 Å². The Morgan fingerprint density at radius 2 is 1.78 bits per heavy atom. The van der Waals surface area contributed by atoms with Crippen LogP contribution >= 0.6 is 23.2 Å². The van der Waals surface area contributed by atoms with Crippen LogP contribution in [0.4, 0.5) is 11.4 Å². The molecule has 118 valence electrons. The van der Waals surface area contributed by atoms with E-state index in [-0.39, 0.29) is 16.4 Å². The lowest BCUT2D eigenvalue weighted by Crippen LogP contribution is -2.30. The molecule has 0 heterocycles. The number of nitro groups is 1. The molecule has 0 fully saturated rings. The molecule has 0 aliphatic rings. The highest BCUT2D eigenvalue weighted by Gasteiger charge is 2.25. The Labute approximate surface area is 141 Å². The van der Waals surface area contributed by atoms with Crippen molar-refractivity contribution in [3.63, 3.8) is 0 Å². The number of nitro benzene ring substituents is 1. The van der Waals surface area contributed by atoms with Crippen molar-refractivity contribution in [2.24, 2.45) is 0 Å². The van der Waals surface area contributed by atoms with Crippen molar-refractivity contribution in [2.45, 2.75) is 5.38 Å². The Hall–Kier alpha value is -2.44. The predicted octanol–water partition coefficient (Wildman–Crippen LogP) is 3.68. The number of non-ortho nitro benzene ring substituents is 1. The van der Waals surface area contributed by atoms with Crippen LogP contribution in [-0.2, 0) is 4.79 Å². The molecule has 0 bridgehead atoms. The van der Waals surface area contributed by atoms with E-state index >= 15 is 0 Å². The molecular weight excluding hydrogens is 343 g/mol. The molecule has 1 unspecified atom stereocenters. The first-order chi connectivity index (χ1) is 10.9. The smallest absolute Gasteiger partial charge is 0.271 e. The molecule has 0 aromatic heterocycles. The summed E-state index contributed by atoms with van der Waals surface area (Å²) in [6.45, 7) is 0. The molecule has 1 atom stereocenters. The third-order valence-corrected chi connectivity index (χ3v) is 3.65. The fourth-order valence-electron chi connectivity index (χ4n) is 1.78. The Bertz CT molecular complexity index is 765. The quantitative estimate of drug-likeness (QED) is 0.292. The zero-order valence-electron chi connectivity index (χ0n) is 11.5. The number of carbonyl (C=O) groups is 2. The maximum Gasteiger partial charge on any atom is 0.271 e. The summed E-state index contributed by atoms with van der Waals surface area (Å²) < 4.78 is 0. The summed E-state index contributed by atoms with van der Waals surface area (Å²) in [6.07, 6.45) is 0. The molecule has 2 rings (SSSR count). The number of amides is 1. The molecule has 1 amide bonds. The number of hydrogen-bond donors (Lipinski definition) is 1. The number of rotatable bonds is 5. The van der Waals surface area contributed by atoms with Gasteiger partial charge in [-0.05, 0) is 6.07 Å². The molecular formula is C15H10Cl2N2O4. The molecule has 2 aromatic carbocycles. The summed E-state index contributed by atoms with van der Waals surface area (Å²) in [5.41, 5.74) is 0.224. The number of carbonyl (C=O) groups excluding carboxylic acids is 2. The van der Waals surface area contributed by atoms with E-state index in [2.05, 4.69) is 5.32 Å². The minimum Gasteiger partial charge on any atom is -0.323 e. The standard InChI is InChI=1S/C15H10Cl2N2O4/c16-11-8-10(19(22)23)6-7-12(11)18-15(21)13(17)14(20)9-4-2-1-3-5-9/h1-8,13H,(H,18,21). The molecule has 0 spiro atoms. The first kappa shape index (κ1) is 16.9. The highest BCUT2D eigenvalue weighted by molar-refractivity contribution is 6.45. The third kappa shape index (κ3) is 4.06. The Kier molecular flexibility index (Phi) is 5.31. The average molecular weight is 353 g/mol. The zero-order chi connectivity index (χ0) is 17.0. The molecule has 2 aromatic rings. The van der Waals surface area contributed by atoms with E-state index in [0.717, 1.165) is 6.07 Å². The molecule has 0 saturated carbocycles. The van der Waals surface area contributed by atoms with Gasteiger partial charge in [0.25, 0.3) is 5.69 Å². The molecule has 0 saturated heterocycles. The van der Waals surface area contributed by atoms with Crippen LogP contribution < -0.4 is 5.32 Å². The second-order valence-electron chi connectivity index (χ2n) is 4.50. The lowest BCUT2D eigenvalue weighted by Gasteiger charge is -2.11. The molecule has 0 aliphatic heterocycles. The van der Waals surface area contributed by atoms with E-state index in [4.69, 9.17) is 23.2 Å². The predicted molar refractivity (Wildman–Crippen MR) is 87.1 cm³/mol. The van der Waals surface area contributed by atoms with E-state index in [0.29, 0.717) is 5.56 Å². The van der Waals surface area contributed by atoms with Gasteiger partial charge in [-0.1, -0.05) is 41.9 Å². The lowest BCUT2D eigenvalue weighted by molar-refractivity contribution is -0.384. The SMILES string of the molecule is O=C(Nc1ccc([N+](=O)[O-])cc1Cl)C(Cl)C(=O)c1ccccc1. The average Bonchev–Trinajstić information content (AvgIpc) is 2.55. The fraction of sp³-hybridized carbons (Fsp3) is 0.0667. The van der Waals surface area contributed by atoms with Crippen molar-refractivity contribution >= 4 is 46.3 Å². The number of anilines is 1. The summed E-state index contributed by atoms with van der Waals surface area (Å²) in [5, 5.41) is 11.5. The fourth-order valence-corrected chi connectivity index (χ4v) is 2.19. The minimum absolute atomic E-state index is 0.0245. The summed E-state index contributed by atoms with van der Waals surface area (Å²) in [6, 6.07) is 11.7. The van der Waals surface area contributed by atoms with Crippen molar-refractivity contribution in [3.8, 4) is 0 Å². The summed E-state index contributed by atoms with van der Waals surface area (Å²) in [5.74, 6) is -1.32. The van der Waals surface area contributed by atoms with Gasteiger partial charge in [-0.25, -0.2) is 0 Å². The van der Waals surface area contributed by atoms with Crippen LogP contribution in [0.5, 0.6) is 0 Å². The maximum atomic E-state index is 12.1. The van der Waals surface area contributed by atoms with Gasteiger partial charge in [0.1, 0.15) is 0 Å². The van der Waals surface area contributed by atoms with E-state index in [1.807, 2.05) is 0 Å². The largest absolute Gasteiger partial charge is 0.323 e. The second kappa shape index (κ2) is 7.21. The molecule has 6 nitrogen and oxygen atoms in total. The second-order valence-corrected chi connectivity index (χ2v) is 5.35. The molecule has 8 heteroatoms. The third-order valence-electron chi connectivity index (χ3n) is 2.94. The van der Waals surface area contributed by atoms with Gasteiger partial charge in [-0.3, -0.25) is 19.7 Å². The summed E-state index contributed by atoms with van der Waals surface area (Å²) >= 11 is 11.8. The van der Waals surface area contributed by atoms with Crippen molar-refractivity contribution < 1.29 is 14.5 Å². The maximum absolute atomic E-state index is 12.1. The van der Waals surface area contributed by atoms with E-state index in [1.165, 1.54) is 12.1 Å². The molecule has 0 radical (unpaired) electrons. The van der Waals surface area contributed by atoms with Crippen LogP contribution in [0.3, 0.4) is 0 Å². The molecule has 23 heavy (non-hydrogen) atoms. The van der Waals surface area contributed by atoms with Crippen LogP contribution in [0.25, 0.3) is 0 Å². The number of ketones is 1. The van der Waals surface area contributed by atoms with Crippen molar-refractivity contribution in [2.75, 3.05) is 5.32 Å². The number of Topliss-reactive ketones (excluding diaryl/α,β-unsaturated/α-hetero) is 1. The van der Waals surface area contributed by atoms with Gasteiger partial charge in [0.2, 0.25) is 5.91 Å². The van der Waals surface area contributed by atoms with Gasteiger partial charge < -0.3 is 5.32 Å². The normalized spacial score (nSPS) is 11.6. The number of alkyl halides is 1. The highest BCUT2D eigenvalue weighted by Crippen LogP contribution is 2.27.